The number of benzene rings is 1. The zero-order valence-electron chi connectivity index (χ0n) is 13.5. The van der Waals surface area contributed by atoms with Crippen LogP contribution in [-0.2, 0) is 22.0 Å². The highest BCUT2D eigenvalue weighted by molar-refractivity contribution is 7.84. The van der Waals surface area contributed by atoms with Crippen LogP contribution in [0.1, 0.15) is 43.7 Å². The molecule has 1 aromatic carbocycles. The Morgan fingerprint density at radius 3 is 2.64 bits per heavy atom. The van der Waals surface area contributed by atoms with E-state index in [4.69, 9.17) is 5.21 Å². The number of carbonyl (C=O) groups is 1. The normalized spacial score (nSPS) is 12.5. The van der Waals surface area contributed by atoms with Crippen LogP contribution in [0.3, 0.4) is 0 Å². The van der Waals surface area contributed by atoms with Crippen molar-refractivity contribution in [1.29, 1.82) is 0 Å². The van der Waals surface area contributed by atoms with Crippen LogP contribution in [0, 0.1) is 0 Å². The van der Waals surface area contributed by atoms with Gasteiger partial charge in [0.1, 0.15) is 0 Å². The van der Waals surface area contributed by atoms with Crippen LogP contribution < -0.4 is 0 Å². The third-order valence-corrected chi connectivity index (χ3v) is 4.42. The summed E-state index contributed by atoms with van der Waals surface area (Å²) in [5.74, 6) is -0.513. The van der Waals surface area contributed by atoms with E-state index in [9.17, 15) is 9.00 Å². The smallest absolute Gasteiger partial charge is 0.269 e. The molecule has 0 aliphatic heterocycles. The number of nitrogens with zero attached hydrogens (tertiary/aromatic N) is 1. The molecule has 0 spiro atoms. The number of hydrogen-bond donors (Lipinski definition) is 1. The third kappa shape index (κ3) is 6.12. The fraction of sp³-hybridized carbons (Fsp3) is 0.471. The van der Waals surface area contributed by atoms with Crippen molar-refractivity contribution < 1.29 is 14.2 Å². The second-order valence-electron chi connectivity index (χ2n) is 5.33. The van der Waals surface area contributed by atoms with Gasteiger partial charge in [0.15, 0.2) is 0 Å². The van der Waals surface area contributed by atoms with Gasteiger partial charge < -0.3 is 0 Å². The van der Waals surface area contributed by atoms with Crippen molar-refractivity contribution in [2.24, 2.45) is 0 Å². The first-order chi connectivity index (χ1) is 10.5. The molecule has 0 bridgehead atoms. The maximum Gasteiger partial charge on any atom is 0.269 e. The molecule has 1 rings (SSSR count). The van der Waals surface area contributed by atoms with Crippen LogP contribution in [0.4, 0.5) is 0 Å². The van der Waals surface area contributed by atoms with Gasteiger partial charge in [-0.3, -0.25) is 14.2 Å². The minimum Gasteiger partial charge on any atom is -0.286 e. The highest BCUT2D eigenvalue weighted by Crippen LogP contribution is 2.19. The van der Waals surface area contributed by atoms with Crippen molar-refractivity contribution in [3.63, 3.8) is 0 Å². The van der Waals surface area contributed by atoms with Gasteiger partial charge in [0.05, 0.1) is 10.8 Å². The largest absolute Gasteiger partial charge is 0.286 e. The Balaban J connectivity index is 2.90. The third-order valence-electron chi connectivity index (χ3n) is 3.43. The molecule has 0 saturated heterocycles. The van der Waals surface area contributed by atoms with Crippen LogP contribution in [0.15, 0.2) is 29.2 Å². The number of rotatable bonds is 8. The Bertz CT molecular complexity index is 553. The van der Waals surface area contributed by atoms with Gasteiger partial charge in [0.2, 0.25) is 0 Å². The lowest BCUT2D eigenvalue weighted by atomic mass is 10.0. The second kappa shape index (κ2) is 9.54. The van der Waals surface area contributed by atoms with Crippen molar-refractivity contribution in [2.45, 2.75) is 43.9 Å². The number of aryl methyl sites for hydroxylation is 1. The summed E-state index contributed by atoms with van der Waals surface area (Å²) in [6.07, 6.45) is 10.3. The van der Waals surface area contributed by atoms with Gasteiger partial charge in [-0.15, -0.1) is 0 Å². The van der Waals surface area contributed by atoms with Gasteiger partial charge in [-0.1, -0.05) is 38.3 Å². The highest BCUT2D eigenvalue weighted by atomic mass is 32.2. The first-order valence-corrected chi connectivity index (χ1v) is 9.12. The Kier molecular flexibility index (Phi) is 8.06. The molecule has 122 valence electrons. The quantitative estimate of drug-likeness (QED) is 0.345. The summed E-state index contributed by atoms with van der Waals surface area (Å²) in [5, 5.41) is 9.59. The number of hydrogen-bond acceptors (Lipinski definition) is 3. The van der Waals surface area contributed by atoms with E-state index in [-0.39, 0.29) is 0 Å². The van der Waals surface area contributed by atoms with Gasteiger partial charge >= 0.3 is 0 Å². The van der Waals surface area contributed by atoms with Crippen LogP contribution in [0.5, 0.6) is 0 Å². The Morgan fingerprint density at radius 1 is 1.32 bits per heavy atom. The first-order valence-electron chi connectivity index (χ1n) is 7.56. The Morgan fingerprint density at radius 2 is 2.05 bits per heavy atom. The lowest BCUT2D eigenvalue weighted by Gasteiger charge is -2.08. The molecule has 1 amide bonds. The van der Waals surface area contributed by atoms with E-state index in [2.05, 4.69) is 6.92 Å². The molecule has 1 unspecified atom stereocenters. The zero-order valence-corrected chi connectivity index (χ0v) is 14.4. The van der Waals surface area contributed by atoms with Crippen LogP contribution >= 0.6 is 0 Å². The number of likely N-dealkylation sites (N-methyl/N-ethyl adjacent to an activating group) is 1. The number of amides is 1. The van der Waals surface area contributed by atoms with Crippen molar-refractivity contribution in [3.05, 3.63) is 35.4 Å². The lowest BCUT2D eigenvalue weighted by molar-refractivity contribution is -0.153. The fourth-order valence-electron chi connectivity index (χ4n) is 2.17. The molecule has 0 radical (unpaired) electrons. The van der Waals surface area contributed by atoms with E-state index >= 15 is 0 Å². The van der Waals surface area contributed by atoms with E-state index in [1.807, 2.05) is 18.2 Å². The molecule has 1 aromatic rings. The molecule has 1 N–H and O–H groups in total. The second-order valence-corrected chi connectivity index (χ2v) is 6.68. The maximum absolute atomic E-state index is 11.8. The Hall–Kier alpha value is -1.46. The minimum atomic E-state index is -1.12. The summed E-state index contributed by atoms with van der Waals surface area (Å²) >= 11 is 0. The van der Waals surface area contributed by atoms with Crippen molar-refractivity contribution >= 4 is 22.8 Å². The average Bonchev–Trinajstić information content (AvgIpc) is 2.48. The summed E-state index contributed by atoms with van der Waals surface area (Å²) in [4.78, 5) is 12.1. The topological polar surface area (TPSA) is 57.6 Å². The molecular formula is C17H25NO3S. The summed E-state index contributed by atoms with van der Waals surface area (Å²) in [5.41, 5.74) is 1.94. The van der Waals surface area contributed by atoms with Gasteiger partial charge in [0, 0.05) is 24.3 Å². The predicted octanol–water partition coefficient (Wildman–Crippen LogP) is 3.41. The summed E-state index contributed by atoms with van der Waals surface area (Å²) < 4.78 is 11.8. The standard InChI is InChI=1S/C17H25NO3S/c1-4-5-6-7-8-14-9-11-16(22(3)21)15(13-14)10-12-17(19)18(2)20/h9-13,20H,4-8H2,1-3H3/b12-10+. The van der Waals surface area contributed by atoms with E-state index in [0.717, 1.165) is 18.4 Å². The van der Waals surface area contributed by atoms with Crippen LogP contribution in [0.2, 0.25) is 0 Å². The lowest BCUT2D eigenvalue weighted by Crippen LogP contribution is -2.19. The van der Waals surface area contributed by atoms with Gasteiger partial charge in [-0.2, -0.15) is 0 Å². The number of hydroxylamine groups is 2. The predicted molar refractivity (Wildman–Crippen MR) is 90.2 cm³/mol. The number of carbonyl (C=O) groups excluding carboxylic acids is 1. The molecule has 5 heteroatoms. The van der Waals surface area contributed by atoms with Crippen LogP contribution in [-0.4, -0.2) is 33.7 Å². The summed E-state index contributed by atoms with van der Waals surface area (Å²) in [6.45, 7) is 2.18. The monoisotopic (exact) mass is 323 g/mol. The molecule has 0 aliphatic rings. The van der Waals surface area contributed by atoms with Gasteiger partial charge in [-0.25, -0.2) is 5.06 Å². The summed E-state index contributed by atoms with van der Waals surface area (Å²) in [6, 6.07) is 5.84. The molecule has 0 aromatic heterocycles. The van der Waals surface area contributed by atoms with E-state index in [1.54, 1.807) is 12.3 Å². The van der Waals surface area contributed by atoms with Crippen molar-refractivity contribution in [2.75, 3.05) is 13.3 Å². The Labute approximate surface area is 135 Å². The fourth-order valence-corrected chi connectivity index (χ4v) is 2.89. The van der Waals surface area contributed by atoms with E-state index < -0.39 is 16.7 Å². The van der Waals surface area contributed by atoms with Crippen molar-refractivity contribution in [1.82, 2.24) is 5.06 Å². The van der Waals surface area contributed by atoms with E-state index in [0.29, 0.717) is 9.96 Å². The molecule has 22 heavy (non-hydrogen) atoms. The van der Waals surface area contributed by atoms with Crippen LogP contribution in [0.25, 0.3) is 6.08 Å². The van der Waals surface area contributed by atoms with Crippen molar-refractivity contribution in [3.8, 4) is 0 Å². The maximum atomic E-state index is 11.8. The molecule has 4 nitrogen and oxygen atoms in total. The zero-order chi connectivity index (χ0) is 16.5. The number of unbranched alkanes of at least 4 members (excludes halogenated alkanes) is 3. The molecular weight excluding hydrogens is 298 g/mol. The molecule has 1 atom stereocenters. The van der Waals surface area contributed by atoms with Gasteiger partial charge in [0.25, 0.3) is 5.91 Å². The highest BCUT2D eigenvalue weighted by Gasteiger charge is 2.07. The molecule has 0 saturated carbocycles. The average molecular weight is 323 g/mol. The van der Waals surface area contributed by atoms with Gasteiger partial charge in [-0.05, 0) is 36.1 Å². The molecule has 0 fully saturated rings. The molecule has 0 heterocycles. The molecule has 0 aliphatic carbocycles. The van der Waals surface area contributed by atoms with E-state index in [1.165, 1.54) is 37.9 Å². The summed E-state index contributed by atoms with van der Waals surface area (Å²) in [7, 11) is 0.152. The SMILES string of the molecule is CCCCCCc1ccc(S(C)=O)c(/C=C/C(=O)N(C)O)c1. The minimum absolute atomic E-state index is 0.513. The first kappa shape index (κ1) is 18.6.